The van der Waals surface area contributed by atoms with Gasteiger partial charge in [-0.3, -0.25) is 5.32 Å². The molecule has 0 bridgehead atoms. The Morgan fingerprint density at radius 1 is 1.04 bits per heavy atom. The fraction of sp³-hybridized carbons (Fsp3) is 0.905. The van der Waals surface area contributed by atoms with Crippen LogP contribution in [-0.4, -0.2) is 59.8 Å². The summed E-state index contributed by atoms with van der Waals surface area (Å²) in [6, 6.07) is 0. The second-order valence-corrected chi connectivity index (χ2v) is 20.9. The second kappa shape index (κ2) is 8.51. The highest BCUT2D eigenvalue weighted by Crippen LogP contribution is 2.41. The summed E-state index contributed by atoms with van der Waals surface area (Å²) in [5.74, 6) is 0. The number of ether oxygens (including phenoxy) is 1. The molecule has 164 valence electrons. The normalized spacial score (nSPS) is 27.5. The molecule has 2 aliphatic heterocycles. The standard InChI is InChI=1S/C21H44N2O3Si2/c1-20(2,3)27(7,8)24-15-18-17(26-28(9,10)21(4,5)6)14-19(25-18)23-13-11-12-22-16-23/h11,13,17-19,22H,12,14-16H2,1-10H3/t17-,18+,19+/m0/s1. The van der Waals surface area contributed by atoms with Crippen LogP contribution in [0.4, 0.5) is 0 Å². The summed E-state index contributed by atoms with van der Waals surface area (Å²) < 4.78 is 19.9. The van der Waals surface area contributed by atoms with Gasteiger partial charge in [0.25, 0.3) is 0 Å². The monoisotopic (exact) mass is 428 g/mol. The Bertz CT molecular complexity index is 553. The summed E-state index contributed by atoms with van der Waals surface area (Å²) in [5.41, 5.74) is 0. The Balaban J connectivity index is 2.13. The van der Waals surface area contributed by atoms with E-state index in [0.29, 0.717) is 6.61 Å². The predicted molar refractivity (Wildman–Crippen MR) is 122 cm³/mol. The van der Waals surface area contributed by atoms with Crippen molar-refractivity contribution < 1.29 is 13.6 Å². The molecule has 5 nitrogen and oxygen atoms in total. The van der Waals surface area contributed by atoms with Gasteiger partial charge in [-0.1, -0.05) is 47.6 Å². The lowest BCUT2D eigenvalue weighted by Gasteiger charge is -2.40. The maximum absolute atomic E-state index is 6.83. The van der Waals surface area contributed by atoms with Crippen LogP contribution in [0.3, 0.4) is 0 Å². The molecule has 0 amide bonds. The second-order valence-electron chi connectivity index (χ2n) is 11.4. The van der Waals surface area contributed by atoms with E-state index < -0.39 is 16.6 Å². The smallest absolute Gasteiger partial charge is 0.192 e. The molecule has 0 spiro atoms. The first kappa shape index (κ1) is 24.1. The fourth-order valence-electron chi connectivity index (χ4n) is 2.96. The lowest BCUT2D eigenvalue weighted by atomic mass is 10.2. The van der Waals surface area contributed by atoms with Crippen LogP contribution in [0.15, 0.2) is 12.3 Å². The number of hydrogen-bond donors (Lipinski definition) is 1. The summed E-state index contributed by atoms with van der Waals surface area (Å²) >= 11 is 0. The molecule has 28 heavy (non-hydrogen) atoms. The summed E-state index contributed by atoms with van der Waals surface area (Å²) in [5, 5.41) is 3.77. The van der Waals surface area contributed by atoms with E-state index in [4.69, 9.17) is 13.6 Å². The third-order valence-corrected chi connectivity index (χ3v) is 16.1. The Morgan fingerprint density at radius 3 is 2.14 bits per heavy atom. The van der Waals surface area contributed by atoms with Gasteiger partial charge in [0.1, 0.15) is 12.3 Å². The Morgan fingerprint density at radius 2 is 1.64 bits per heavy atom. The SMILES string of the molecule is CC(C)(C)[Si](C)(C)OC[C@H]1O[C@@H](N2C=CCNC2)C[C@@H]1O[Si](C)(C)C(C)(C)C. The van der Waals surface area contributed by atoms with Crippen molar-refractivity contribution in [3.8, 4) is 0 Å². The zero-order valence-corrected chi connectivity index (χ0v) is 21.9. The molecule has 2 heterocycles. The van der Waals surface area contributed by atoms with Gasteiger partial charge in [-0.25, -0.2) is 0 Å². The van der Waals surface area contributed by atoms with Gasteiger partial charge in [0.15, 0.2) is 16.6 Å². The third kappa shape index (κ3) is 5.70. The Hall–Kier alpha value is -0.186. The third-order valence-electron chi connectivity index (χ3n) is 7.07. The molecular weight excluding hydrogens is 384 g/mol. The Kier molecular flexibility index (Phi) is 7.32. The van der Waals surface area contributed by atoms with Gasteiger partial charge in [-0.2, -0.15) is 0 Å². The van der Waals surface area contributed by atoms with E-state index in [-0.39, 0.29) is 28.5 Å². The number of nitrogens with zero attached hydrogens (tertiary/aromatic N) is 1. The van der Waals surface area contributed by atoms with E-state index in [2.05, 4.69) is 90.2 Å². The van der Waals surface area contributed by atoms with Crippen LogP contribution < -0.4 is 5.32 Å². The molecular formula is C21H44N2O3Si2. The maximum Gasteiger partial charge on any atom is 0.192 e. The van der Waals surface area contributed by atoms with E-state index >= 15 is 0 Å². The van der Waals surface area contributed by atoms with Gasteiger partial charge < -0.3 is 18.5 Å². The molecule has 0 unspecified atom stereocenters. The van der Waals surface area contributed by atoms with Crippen molar-refractivity contribution in [1.82, 2.24) is 10.2 Å². The zero-order valence-electron chi connectivity index (χ0n) is 19.9. The minimum atomic E-state index is -1.88. The van der Waals surface area contributed by atoms with Crippen LogP contribution in [0.5, 0.6) is 0 Å². The van der Waals surface area contributed by atoms with Gasteiger partial charge >= 0.3 is 0 Å². The molecule has 0 saturated carbocycles. The van der Waals surface area contributed by atoms with E-state index in [1.165, 1.54) is 0 Å². The van der Waals surface area contributed by atoms with Gasteiger partial charge in [-0.15, -0.1) is 0 Å². The molecule has 1 N–H and O–H groups in total. The molecule has 0 aliphatic carbocycles. The molecule has 0 aromatic carbocycles. The molecule has 7 heteroatoms. The highest BCUT2D eigenvalue weighted by Gasteiger charge is 2.47. The van der Waals surface area contributed by atoms with Gasteiger partial charge in [-0.05, 0) is 36.3 Å². The van der Waals surface area contributed by atoms with Crippen molar-refractivity contribution >= 4 is 16.6 Å². The molecule has 3 atom stereocenters. The van der Waals surface area contributed by atoms with E-state index in [0.717, 1.165) is 19.6 Å². The van der Waals surface area contributed by atoms with Crippen LogP contribution in [0.2, 0.25) is 36.3 Å². The van der Waals surface area contributed by atoms with Crippen molar-refractivity contribution in [2.75, 3.05) is 19.8 Å². The van der Waals surface area contributed by atoms with Gasteiger partial charge in [0, 0.05) is 19.2 Å². The summed E-state index contributed by atoms with van der Waals surface area (Å²) in [7, 11) is -3.70. The highest BCUT2D eigenvalue weighted by molar-refractivity contribution is 6.74. The number of hydrogen-bond acceptors (Lipinski definition) is 5. The van der Waals surface area contributed by atoms with Crippen LogP contribution in [-0.2, 0) is 13.6 Å². The first-order chi connectivity index (χ1) is 12.6. The molecule has 1 saturated heterocycles. The topological polar surface area (TPSA) is 43.0 Å². The average molecular weight is 429 g/mol. The van der Waals surface area contributed by atoms with Crippen LogP contribution in [0.25, 0.3) is 0 Å². The molecule has 0 radical (unpaired) electrons. The number of nitrogens with one attached hydrogen (secondary N) is 1. The molecule has 0 aromatic heterocycles. The van der Waals surface area contributed by atoms with Gasteiger partial charge in [0.05, 0.1) is 19.4 Å². The summed E-state index contributed by atoms with van der Waals surface area (Å²) in [6.07, 6.45) is 5.32. The van der Waals surface area contributed by atoms with Crippen molar-refractivity contribution in [3.63, 3.8) is 0 Å². The Labute approximate surface area is 175 Å². The van der Waals surface area contributed by atoms with Crippen LogP contribution in [0.1, 0.15) is 48.0 Å². The minimum Gasteiger partial charge on any atom is -0.414 e. The number of rotatable bonds is 6. The summed E-state index contributed by atoms with van der Waals surface area (Å²) in [4.78, 5) is 2.25. The first-order valence-electron chi connectivity index (χ1n) is 10.7. The minimum absolute atomic E-state index is 0.0106. The van der Waals surface area contributed by atoms with Crippen molar-refractivity contribution in [1.29, 1.82) is 0 Å². The van der Waals surface area contributed by atoms with Crippen molar-refractivity contribution in [3.05, 3.63) is 12.3 Å². The van der Waals surface area contributed by atoms with E-state index in [9.17, 15) is 0 Å². The molecule has 2 aliphatic rings. The first-order valence-corrected chi connectivity index (χ1v) is 16.6. The highest BCUT2D eigenvalue weighted by atomic mass is 28.4. The molecule has 0 aromatic rings. The predicted octanol–water partition coefficient (Wildman–Crippen LogP) is 4.89. The lowest BCUT2D eigenvalue weighted by Crippen LogP contribution is -2.48. The molecule has 1 fully saturated rings. The molecule has 2 rings (SSSR count). The van der Waals surface area contributed by atoms with Crippen LogP contribution >= 0.6 is 0 Å². The quantitative estimate of drug-likeness (QED) is 0.610. The van der Waals surface area contributed by atoms with E-state index in [1.54, 1.807) is 0 Å². The van der Waals surface area contributed by atoms with Crippen molar-refractivity contribution in [2.24, 2.45) is 0 Å². The largest absolute Gasteiger partial charge is 0.414 e. The van der Waals surface area contributed by atoms with E-state index in [1.807, 2.05) is 0 Å². The lowest BCUT2D eigenvalue weighted by molar-refractivity contribution is -0.0632. The van der Waals surface area contributed by atoms with Crippen molar-refractivity contribution in [2.45, 2.75) is 103 Å². The average Bonchev–Trinajstić information content (AvgIpc) is 2.94. The summed E-state index contributed by atoms with van der Waals surface area (Å²) in [6.45, 7) is 25.4. The fourth-order valence-corrected chi connectivity index (χ4v) is 5.33. The van der Waals surface area contributed by atoms with Gasteiger partial charge in [0.2, 0.25) is 0 Å². The zero-order chi connectivity index (χ0) is 21.4. The van der Waals surface area contributed by atoms with Crippen LogP contribution in [0, 0.1) is 0 Å². The maximum atomic E-state index is 6.83.